The first kappa shape index (κ1) is 50.3. The van der Waals surface area contributed by atoms with Gasteiger partial charge >= 0.3 is 13.9 Å². The molecule has 350 valence electrons. The van der Waals surface area contributed by atoms with Gasteiger partial charge in [-0.2, -0.15) is 0 Å². The molecule has 3 amide bonds. The normalized spacial score (nSPS) is 12.4. The van der Waals surface area contributed by atoms with Gasteiger partial charge in [0.15, 0.2) is 5.75 Å². The van der Waals surface area contributed by atoms with Crippen LogP contribution < -0.4 is 40.2 Å². The summed E-state index contributed by atoms with van der Waals surface area (Å²) in [5, 5.41) is 13.0. The number of hydrogen-bond donors (Lipinski definition) is 5. The molecule has 5 rings (SSSR count). The van der Waals surface area contributed by atoms with Crippen LogP contribution in [0.5, 0.6) is 23.0 Å². The number of ether oxygens (including phenoxy) is 3. The molecule has 0 bridgehead atoms. The van der Waals surface area contributed by atoms with Crippen molar-refractivity contribution in [1.82, 2.24) is 15.0 Å². The maximum Gasteiger partial charge on any atom is 0.475 e. The molecule has 0 saturated carbocycles. The number of carbonyl (C=O) groups is 2. The van der Waals surface area contributed by atoms with Crippen molar-refractivity contribution >= 4 is 63.4 Å². The number of pyridine rings is 1. The molecule has 17 nitrogen and oxygen atoms in total. The lowest BCUT2D eigenvalue weighted by molar-refractivity contribution is 0.00364. The standard InChI is InChI=1S/C46H59N6O11PS/c1-44(2,3)29-25-36(41(59-12)39(26-29)65(56,57)47-10)52-43(54)51-35-19-20-37(33-16-14-13-15-32(33)35)61-31-21-22-48-40(28-31)50-30-17-18-34(38(27-30)58-11)42(53)49-23-24-60-64(55,62-45(4,5)6)63-46(7,8)9/h13-22,25-28,47H,23-24H2,1-12H3,(H,48,50)(H,49,53)(H2,51,52,54). The van der Waals surface area contributed by atoms with Gasteiger partial charge in [-0.3, -0.25) is 18.4 Å². The Morgan fingerprint density at radius 2 is 1.42 bits per heavy atom. The minimum absolute atomic E-state index is 0.00959. The van der Waals surface area contributed by atoms with Crippen LogP contribution in [0.15, 0.2) is 90.0 Å². The number of carbonyl (C=O) groups excluding carboxylic acids is 2. The zero-order chi connectivity index (χ0) is 48.0. The third-order valence-electron chi connectivity index (χ3n) is 9.15. The second-order valence-corrected chi connectivity index (χ2v) is 21.1. The van der Waals surface area contributed by atoms with E-state index in [0.29, 0.717) is 45.0 Å². The quantitative estimate of drug-likeness (QED) is 0.0434. The van der Waals surface area contributed by atoms with Gasteiger partial charge < -0.3 is 35.5 Å². The number of aromatic nitrogens is 1. The van der Waals surface area contributed by atoms with Gasteiger partial charge in [-0.05, 0) is 102 Å². The van der Waals surface area contributed by atoms with Crippen molar-refractivity contribution in [2.45, 2.75) is 83.8 Å². The number of anilines is 4. The molecule has 19 heteroatoms. The highest BCUT2D eigenvalue weighted by Gasteiger charge is 2.37. The highest BCUT2D eigenvalue weighted by atomic mass is 32.2. The molecular formula is C46H59N6O11PS. The number of nitrogens with zero attached hydrogens (tertiary/aromatic N) is 1. The van der Waals surface area contributed by atoms with E-state index in [0.717, 1.165) is 0 Å². The monoisotopic (exact) mass is 934 g/mol. The molecule has 4 aromatic carbocycles. The molecule has 0 radical (unpaired) electrons. The number of nitrogens with one attached hydrogen (secondary N) is 5. The summed E-state index contributed by atoms with van der Waals surface area (Å²) in [6.07, 6.45) is 1.58. The summed E-state index contributed by atoms with van der Waals surface area (Å²) in [6, 6.07) is 21.8. The van der Waals surface area contributed by atoms with Gasteiger partial charge in [-0.15, -0.1) is 0 Å². The van der Waals surface area contributed by atoms with Crippen LogP contribution in [0.25, 0.3) is 10.8 Å². The average Bonchev–Trinajstić information content (AvgIpc) is 3.21. The van der Waals surface area contributed by atoms with E-state index in [1.165, 1.54) is 27.3 Å². The molecule has 65 heavy (non-hydrogen) atoms. The first-order valence-corrected chi connectivity index (χ1v) is 23.6. The van der Waals surface area contributed by atoms with Crippen LogP contribution in [-0.4, -0.2) is 71.0 Å². The molecule has 0 atom stereocenters. The number of urea groups is 1. The largest absolute Gasteiger partial charge is 0.496 e. The predicted molar refractivity (Wildman–Crippen MR) is 253 cm³/mol. The number of amides is 3. The number of phosphoric ester groups is 1. The highest BCUT2D eigenvalue weighted by Crippen LogP contribution is 2.55. The van der Waals surface area contributed by atoms with Crippen molar-refractivity contribution < 1.29 is 50.4 Å². The second kappa shape index (κ2) is 20.2. The number of benzene rings is 4. The van der Waals surface area contributed by atoms with Crippen LogP contribution in [0.3, 0.4) is 0 Å². The smallest absolute Gasteiger partial charge is 0.475 e. The summed E-state index contributed by atoms with van der Waals surface area (Å²) < 4.78 is 75.9. The molecule has 1 heterocycles. The van der Waals surface area contributed by atoms with Gasteiger partial charge in [-0.1, -0.05) is 45.0 Å². The van der Waals surface area contributed by atoms with E-state index >= 15 is 0 Å². The summed E-state index contributed by atoms with van der Waals surface area (Å²) >= 11 is 0. The van der Waals surface area contributed by atoms with Crippen LogP contribution in [0, 0.1) is 0 Å². The Morgan fingerprint density at radius 3 is 2.03 bits per heavy atom. The number of rotatable bonds is 17. The zero-order valence-corrected chi connectivity index (χ0v) is 40.5. The molecule has 0 unspecified atom stereocenters. The van der Waals surface area contributed by atoms with E-state index in [1.807, 2.05) is 45.0 Å². The Kier molecular flexibility index (Phi) is 15.6. The van der Waals surface area contributed by atoms with E-state index in [9.17, 15) is 22.6 Å². The van der Waals surface area contributed by atoms with Crippen LogP contribution in [0.1, 0.15) is 78.2 Å². The van der Waals surface area contributed by atoms with Gasteiger partial charge in [0.05, 0.1) is 49.0 Å². The van der Waals surface area contributed by atoms with Crippen LogP contribution >= 0.6 is 7.82 Å². The van der Waals surface area contributed by atoms with Crippen LogP contribution in [0.2, 0.25) is 0 Å². The molecule has 1 aromatic heterocycles. The summed E-state index contributed by atoms with van der Waals surface area (Å²) in [4.78, 5) is 31.1. The van der Waals surface area contributed by atoms with Gasteiger partial charge in [0, 0.05) is 41.3 Å². The van der Waals surface area contributed by atoms with Gasteiger partial charge in [-0.25, -0.2) is 27.5 Å². The number of methoxy groups -OCH3 is 2. The van der Waals surface area contributed by atoms with Gasteiger partial charge in [0.25, 0.3) is 5.91 Å². The van der Waals surface area contributed by atoms with Gasteiger partial charge in [0.1, 0.15) is 28.0 Å². The molecular weight excluding hydrogens is 876 g/mol. The maximum atomic E-state index is 13.6. The fourth-order valence-electron chi connectivity index (χ4n) is 6.33. The lowest BCUT2D eigenvalue weighted by atomic mass is 9.86. The maximum absolute atomic E-state index is 13.6. The molecule has 0 saturated heterocycles. The number of hydrogen-bond acceptors (Lipinski definition) is 13. The molecule has 0 aliphatic heterocycles. The Bertz CT molecular complexity index is 2670. The lowest BCUT2D eigenvalue weighted by Crippen LogP contribution is -2.29. The Balaban J connectivity index is 1.27. The van der Waals surface area contributed by atoms with Crippen LogP contribution in [-0.2, 0) is 33.6 Å². The summed E-state index contributed by atoms with van der Waals surface area (Å²) in [7, 11) is -3.79. The third-order valence-corrected chi connectivity index (χ3v) is 12.6. The third kappa shape index (κ3) is 13.6. The molecule has 0 spiro atoms. The Labute approximate surface area is 381 Å². The SMILES string of the molecule is CNS(=O)(=O)c1cc(C(C)(C)C)cc(NC(=O)Nc2ccc(Oc3ccnc(Nc4ccc(C(=O)NCCOP(=O)(OC(C)(C)C)OC(C)(C)C)c(OC)c4)c3)c3ccccc23)c1OC. The lowest BCUT2D eigenvalue weighted by Gasteiger charge is -2.30. The minimum Gasteiger partial charge on any atom is -0.496 e. The summed E-state index contributed by atoms with van der Waals surface area (Å²) in [5.41, 5.74) is 0.112. The highest BCUT2D eigenvalue weighted by molar-refractivity contribution is 7.89. The molecule has 5 N–H and O–H groups in total. The summed E-state index contributed by atoms with van der Waals surface area (Å²) in [5.74, 6) is 1.24. The molecule has 0 aliphatic rings. The Morgan fingerprint density at radius 1 is 0.754 bits per heavy atom. The van der Waals surface area contributed by atoms with Crippen molar-refractivity contribution in [3.05, 3.63) is 96.2 Å². The van der Waals surface area contributed by atoms with E-state index < -0.39 is 46.4 Å². The van der Waals surface area contributed by atoms with E-state index in [2.05, 4.69) is 31.0 Å². The number of sulfonamides is 1. The second-order valence-electron chi connectivity index (χ2n) is 17.7. The van der Waals surface area contributed by atoms with Gasteiger partial charge in [0.2, 0.25) is 10.0 Å². The van der Waals surface area contributed by atoms with E-state index in [-0.39, 0.29) is 40.8 Å². The van der Waals surface area contributed by atoms with Crippen molar-refractivity contribution in [2.75, 3.05) is 50.4 Å². The number of fused-ring (bicyclic) bond motifs is 1. The average molecular weight is 935 g/mol. The predicted octanol–water partition coefficient (Wildman–Crippen LogP) is 10.1. The molecule has 0 fully saturated rings. The van der Waals surface area contributed by atoms with E-state index in [1.54, 1.807) is 96.3 Å². The molecule has 5 aromatic rings. The Hall–Kier alpha value is -5.75. The topological polar surface area (TPSA) is 214 Å². The fraction of sp³-hybridized carbons (Fsp3) is 0.370. The summed E-state index contributed by atoms with van der Waals surface area (Å²) in [6.45, 7) is 16.1. The first-order valence-electron chi connectivity index (χ1n) is 20.6. The fourth-order valence-corrected chi connectivity index (χ4v) is 9.07. The van der Waals surface area contributed by atoms with Crippen molar-refractivity contribution in [2.24, 2.45) is 0 Å². The number of phosphoric acid groups is 1. The van der Waals surface area contributed by atoms with Crippen molar-refractivity contribution in [3.8, 4) is 23.0 Å². The van der Waals surface area contributed by atoms with Crippen molar-refractivity contribution in [3.63, 3.8) is 0 Å². The first-order chi connectivity index (χ1) is 30.3. The van der Waals surface area contributed by atoms with Crippen LogP contribution in [0.4, 0.5) is 27.7 Å². The zero-order valence-electron chi connectivity index (χ0n) is 38.8. The minimum atomic E-state index is -3.95. The van der Waals surface area contributed by atoms with Crippen molar-refractivity contribution in [1.29, 1.82) is 0 Å². The molecule has 0 aliphatic carbocycles. The van der Waals surface area contributed by atoms with E-state index in [4.69, 9.17) is 27.8 Å².